The van der Waals surface area contributed by atoms with Crippen molar-refractivity contribution in [2.75, 3.05) is 25.2 Å². The molecule has 7 nitrogen and oxygen atoms in total. The van der Waals surface area contributed by atoms with Gasteiger partial charge in [0.1, 0.15) is 11.5 Å². The van der Waals surface area contributed by atoms with Gasteiger partial charge >= 0.3 is 0 Å². The van der Waals surface area contributed by atoms with E-state index in [9.17, 15) is 14.7 Å². The van der Waals surface area contributed by atoms with Gasteiger partial charge < -0.3 is 19.3 Å². The molecule has 1 amide bonds. The molecule has 1 aliphatic rings. The molecule has 1 unspecified atom stereocenters. The maximum absolute atomic E-state index is 13.5. The van der Waals surface area contributed by atoms with Crippen LogP contribution in [-0.2, 0) is 9.59 Å². The molecule has 0 aromatic heterocycles. The Morgan fingerprint density at radius 2 is 1.59 bits per heavy atom. The molecule has 0 spiro atoms. The predicted molar refractivity (Wildman–Crippen MR) is 142 cm³/mol. The van der Waals surface area contributed by atoms with Crippen LogP contribution in [0.3, 0.4) is 0 Å². The van der Waals surface area contributed by atoms with Crippen molar-refractivity contribution in [2.45, 2.75) is 33.7 Å². The van der Waals surface area contributed by atoms with Gasteiger partial charge in [0.05, 0.1) is 31.9 Å². The number of benzene rings is 3. The van der Waals surface area contributed by atoms with Gasteiger partial charge in [0, 0.05) is 11.3 Å². The zero-order chi connectivity index (χ0) is 26.7. The number of ketones is 1. The molecule has 1 heterocycles. The number of hydrogen-bond donors (Lipinski definition) is 1. The Bertz CT molecular complexity index is 1360. The molecule has 1 saturated heterocycles. The van der Waals surface area contributed by atoms with Gasteiger partial charge in [0.2, 0.25) is 0 Å². The van der Waals surface area contributed by atoms with Crippen LogP contribution in [0.1, 0.15) is 42.1 Å². The Hall–Kier alpha value is -4.26. The molecule has 37 heavy (non-hydrogen) atoms. The number of aryl methyl sites for hydroxylation is 2. The largest absolute Gasteiger partial charge is 0.507 e. The molecule has 3 aromatic carbocycles. The number of hydrogen-bond acceptors (Lipinski definition) is 6. The molecule has 1 aliphatic heterocycles. The highest BCUT2D eigenvalue weighted by Crippen LogP contribution is 2.45. The van der Waals surface area contributed by atoms with Crippen molar-refractivity contribution in [3.63, 3.8) is 0 Å². The molecule has 1 fully saturated rings. The summed E-state index contributed by atoms with van der Waals surface area (Å²) in [5, 5.41) is 11.4. The highest BCUT2D eigenvalue weighted by Gasteiger charge is 2.47. The van der Waals surface area contributed by atoms with Gasteiger partial charge in [-0.2, -0.15) is 0 Å². The number of rotatable bonds is 8. The van der Waals surface area contributed by atoms with Gasteiger partial charge in [0.15, 0.2) is 11.5 Å². The van der Waals surface area contributed by atoms with Crippen LogP contribution in [0, 0.1) is 13.8 Å². The topological polar surface area (TPSA) is 85.3 Å². The van der Waals surface area contributed by atoms with Crippen molar-refractivity contribution >= 4 is 23.1 Å². The monoisotopic (exact) mass is 501 g/mol. The normalized spacial score (nSPS) is 16.7. The maximum Gasteiger partial charge on any atom is 0.300 e. The lowest BCUT2D eigenvalue weighted by Crippen LogP contribution is -2.30. The summed E-state index contributed by atoms with van der Waals surface area (Å²) in [6, 6.07) is 16.9. The summed E-state index contributed by atoms with van der Waals surface area (Å²) < 4.78 is 16.7. The standard InChI is InChI=1S/C30H31NO6/c1-6-36-22-13-10-20(11-14-22)28(32)26-27(21-12-15-24(35-5)25(17-21)37-7-2)31(30(34)29(26)33)23-16-18(3)8-9-19(23)4/h8-17,27,32H,6-7H2,1-5H3/b28-26-. The third kappa shape index (κ3) is 4.89. The SMILES string of the molecule is CCOc1ccc(/C(O)=C2/C(=O)C(=O)N(c3cc(C)ccc3C)C2c2ccc(OC)c(OCC)c2)cc1. The number of aliphatic hydroxyl groups excluding tert-OH is 1. The predicted octanol–water partition coefficient (Wildman–Crippen LogP) is 5.74. The second-order valence-electron chi connectivity index (χ2n) is 8.76. The molecule has 0 bridgehead atoms. The average Bonchev–Trinajstić information content (AvgIpc) is 3.16. The number of carbonyl (C=O) groups is 2. The molecular weight excluding hydrogens is 470 g/mol. The number of anilines is 1. The smallest absolute Gasteiger partial charge is 0.300 e. The molecule has 3 aromatic rings. The van der Waals surface area contributed by atoms with Gasteiger partial charge in [-0.25, -0.2) is 0 Å². The van der Waals surface area contributed by atoms with Crippen LogP contribution in [0.4, 0.5) is 5.69 Å². The van der Waals surface area contributed by atoms with Crippen LogP contribution in [0.5, 0.6) is 17.2 Å². The molecule has 192 valence electrons. The average molecular weight is 502 g/mol. The fraction of sp³-hybridized carbons (Fsp3) is 0.267. The van der Waals surface area contributed by atoms with Crippen LogP contribution in [-0.4, -0.2) is 37.1 Å². The molecule has 0 radical (unpaired) electrons. The first kappa shape index (κ1) is 25.8. The third-order valence-corrected chi connectivity index (χ3v) is 6.31. The number of ether oxygens (including phenoxy) is 3. The van der Waals surface area contributed by atoms with Crippen LogP contribution in [0.25, 0.3) is 5.76 Å². The van der Waals surface area contributed by atoms with E-state index in [4.69, 9.17) is 14.2 Å². The van der Waals surface area contributed by atoms with E-state index in [1.54, 1.807) is 49.6 Å². The number of aliphatic hydroxyl groups is 1. The van der Waals surface area contributed by atoms with Crippen LogP contribution < -0.4 is 19.1 Å². The molecular formula is C30H31NO6. The van der Waals surface area contributed by atoms with E-state index in [-0.39, 0.29) is 11.3 Å². The highest BCUT2D eigenvalue weighted by atomic mass is 16.5. The number of carbonyl (C=O) groups excluding carboxylic acids is 2. The maximum atomic E-state index is 13.5. The molecule has 1 N–H and O–H groups in total. The number of methoxy groups -OCH3 is 1. The van der Waals surface area contributed by atoms with E-state index in [1.807, 2.05) is 45.9 Å². The summed E-state index contributed by atoms with van der Waals surface area (Å²) in [6.45, 7) is 8.47. The van der Waals surface area contributed by atoms with Crippen LogP contribution in [0.15, 0.2) is 66.2 Å². The quantitative estimate of drug-likeness (QED) is 0.241. The summed E-state index contributed by atoms with van der Waals surface area (Å²) in [4.78, 5) is 28.5. The van der Waals surface area contributed by atoms with Crippen LogP contribution in [0.2, 0.25) is 0 Å². The lowest BCUT2D eigenvalue weighted by atomic mass is 9.94. The minimum atomic E-state index is -0.878. The number of amides is 1. The fourth-order valence-electron chi connectivity index (χ4n) is 4.54. The Labute approximate surface area is 216 Å². The van der Waals surface area contributed by atoms with Gasteiger partial charge in [0.25, 0.3) is 11.7 Å². The highest BCUT2D eigenvalue weighted by molar-refractivity contribution is 6.51. The van der Waals surface area contributed by atoms with Crippen molar-refractivity contribution in [1.29, 1.82) is 0 Å². The van der Waals surface area contributed by atoms with Gasteiger partial charge in [-0.15, -0.1) is 0 Å². The summed E-state index contributed by atoms with van der Waals surface area (Å²) in [7, 11) is 1.55. The van der Waals surface area contributed by atoms with Crippen molar-refractivity contribution in [1.82, 2.24) is 0 Å². The summed E-state index contributed by atoms with van der Waals surface area (Å²) in [5.41, 5.74) is 3.40. The van der Waals surface area contributed by atoms with Crippen LogP contribution >= 0.6 is 0 Å². The molecule has 4 rings (SSSR count). The van der Waals surface area contributed by atoms with E-state index in [1.165, 1.54) is 4.90 Å². The summed E-state index contributed by atoms with van der Waals surface area (Å²) >= 11 is 0. The van der Waals surface area contributed by atoms with Crippen molar-refractivity contribution in [3.05, 3.63) is 88.5 Å². The van der Waals surface area contributed by atoms with Crippen molar-refractivity contribution in [2.24, 2.45) is 0 Å². The van der Waals surface area contributed by atoms with Crippen molar-refractivity contribution < 1.29 is 28.9 Å². The lowest BCUT2D eigenvalue weighted by Gasteiger charge is -2.27. The fourth-order valence-corrected chi connectivity index (χ4v) is 4.54. The van der Waals surface area contributed by atoms with E-state index in [2.05, 4.69) is 0 Å². The number of nitrogens with zero attached hydrogens (tertiary/aromatic N) is 1. The first-order chi connectivity index (χ1) is 17.8. The van der Waals surface area contributed by atoms with E-state index in [0.717, 1.165) is 11.1 Å². The van der Waals surface area contributed by atoms with E-state index >= 15 is 0 Å². The van der Waals surface area contributed by atoms with E-state index in [0.29, 0.717) is 47.3 Å². The lowest BCUT2D eigenvalue weighted by molar-refractivity contribution is -0.132. The number of Topliss-reactive ketones (excluding diaryl/α,β-unsaturated/α-hetero) is 1. The Kier molecular flexibility index (Phi) is 7.53. The Morgan fingerprint density at radius 3 is 2.24 bits per heavy atom. The molecule has 1 atom stereocenters. The van der Waals surface area contributed by atoms with Gasteiger partial charge in [-0.1, -0.05) is 18.2 Å². The summed E-state index contributed by atoms with van der Waals surface area (Å²) in [6.07, 6.45) is 0. The second-order valence-corrected chi connectivity index (χ2v) is 8.76. The first-order valence-corrected chi connectivity index (χ1v) is 12.2. The molecule has 0 aliphatic carbocycles. The Balaban J connectivity index is 1.95. The third-order valence-electron chi connectivity index (χ3n) is 6.31. The minimum absolute atomic E-state index is 0.00248. The van der Waals surface area contributed by atoms with Gasteiger partial charge in [-0.05, 0) is 86.8 Å². The first-order valence-electron chi connectivity index (χ1n) is 12.2. The van der Waals surface area contributed by atoms with Crippen molar-refractivity contribution in [3.8, 4) is 17.2 Å². The summed E-state index contributed by atoms with van der Waals surface area (Å²) in [5.74, 6) is -0.0714. The second kappa shape index (κ2) is 10.8. The Morgan fingerprint density at radius 1 is 0.892 bits per heavy atom. The zero-order valence-corrected chi connectivity index (χ0v) is 21.7. The molecule has 7 heteroatoms. The van der Waals surface area contributed by atoms with E-state index < -0.39 is 17.7 Å². The minimum Gasteiger partial charge on any atom is -0.507 e. The zero-order valence-electron chi connectivity index (χ0n) is 21.7. The molecule has 0 saturated carbocycles. The van der Waals surface area contributed by atoms with Gasteiger partial charge in [-0.3, -0.25) is 14.5 Å².